The lowest BCUT2D eigenvalue weighted by atomic mass is 10.2. The first-order valence-electron chi connectivity index (χ1n) is 6.96. The quantitative estimate of drug-likeness (QED) is 0.799. The van der Waals surface area contributed by atoms with Crippen LogP contribution in [0.2, 0.25) is 5.02 Å². The van der Waals surface area contributed by atoms with Crippen LogP contribution in [0.3, 0.4) is 0 Å². The van der Waals surface area contributed by atoms with Gasteiger partial charge in [-0.2, -0.15) is 0 Å². The number of halogens is 2. The third kappa shape index (κ3) is 4.64. The van der Waals surface area contributed by atoms with Gasteiger partial charge in [-0.25, -0.2) is 4.39 Å². The van der Waals surface area contributed by atoms with Crippen LogP contribution < -0.4 is 10.1 Å². The van der Waals surface area contributed by atoms with Crippen molar-refractivity contribution in [3.05, 3.63) is 58.9 Å². The van der Waals surface area contributed by atoms with Gasteiger partial charge in [-0.1, -0.05) is 37.6 Å². The fourth-order valence-electron chi connectivity index (χ4n) is 1.85. The first-order valence-corrected chi connectivity index (χ1v) is 7.33. The van der Waals surface area contributed by atoms with Crippen LogP contribution in [0.5, 0.6) is 5.75 Å². The van der Waals surface area contributed by atoms with E-state index in [0.717, 1.165) is 11.4 Å². The van der Waals surface area contributed by atoms with Crippen molar-refractivity contribution < 1.29 is 9.13 Å². The molecule has 0 saturated heterocycles. The molecule has 1 N–H and O–H groups in total. The Balaban J connectivity index is 2.01. The van der Waals surface area contributed by atoms with Gasteiger partial charge in [-0.15, -0.1) is 0 Å². The van der Waals surface area contributed by atoms with E-state index < -0.39 is 0 Å². The Labute approximate surface area is 129 Å². The summed E-state index contributed by atoms with van der Waals surface area (Å²) in [6.07, 6.45) is 0. The van der Waals surface area contributed by atoms with Crippen molar-refractivity contribution >= 4 is 17.3 Å². The van der Waals surface area contributed by atoms with Gasteiger partial charge in [0.05, 0.1) is 6.61 Å². The predicted octanol–water partition coefficient (Wildman–Crippen LogP) is 5.13. The summed E-state index contributed by atoms with van der Waals surface area (Å²) in [6, 6.07) is 12.3. The summed E-state index contributed by atoms with van der Waals surface area (Å²) in [5, 5.41) is 3.59. The minimum Gasteiger partial charge on any atom is -0.493 e. The smallest absolute Gasteiger partial charge is 0.129 e. The van der Waals surface area contributed by atoms with Gasteiger partial charge in [0.15, 0.2) is 0 Å². The van der Waals surface area contributed by atoms with Crippen molar-refractivity contribution in [2.45, 2.75) is 20.4 Å². The molecule has 0 saturated carbocycles. The zero-order chi connectivity index (χ0) is 15.2. The fraction of sp³-hybridized carbons (Fsp3) is 0.294. The highest BCUT2D eigenvalue weighted by Gasteiger charge is 2.06. The van der Waals surface area contributed by atoms with Crippen LogP contribution in [-0.2, 0) is 6.54 Å². The summed E-state index contributed by atoms with van der Waals surface area (Å²) in [5.41, 5.74) is 1.34. The first kappa shape index (κ1) is 15.6. The van der Waals surface area contributed by atoms with Gasteiger partial charge < -0.3 is 10.1 Å². The summed E-state index contributed by atoms with van der Waals surface area (Å²) in [6.45, 7) is 5.20. The van der Waals surface area contributed by atoms with Crippen molar-refractivity contribution in [1.29, 1.82) is 0 Å². The van der Waals surface area contributed by atoms with Crippen molar-refractivity contribution in [3.8, 4) is 5.75 Å². The molecule has 0 fully saturated rings. The second-order valence-electron chi connectivity index (χ2n) is 5.29. The summed E-state index contributed by atoms with van der Waals surface area (Å²) < 4.78 is 19.4. The van der Waals surface area contributed by atoms with Crippen LogP contribution in [-0.4, -0.2) is 6.61 Å². The Hall–Kier alpha value is -1.74. The Morgan fingerprint density at radius 1 is 1.19 bits per heavy atom. The lowest BCUT2D eigenvalue weighted by Crippen LogP contribution is -2.05. The molecule has 0 unspecified atom stereocenters. The third-order valence-electron chi connectivity index (χ3n) is 2.95. The van der Waals surface area contributed by atoms with Crippen molar-refractivity contribution in [1.82, 2.24) is 0 Å². The van der Waals surface area contributed by atoms with E-state index in [1.807, 2.05) is 24.3 Å². The molecule has 0 aliphatic rings. The lowest BCUT2D eigenvalue weighted by Gasteiger charge is -2.12. The largest absolute Gasteiger partial charge is 0.493 e. The van der Waals surface area contributed by atoms with E-state index >= 15 is 0 Å². The van der Waals surface area contributed by atoms with Gasteiger partial charge in [0, 0.05) is 28.9 Å². The molecule has 0 amide bonds. The van der Waals surface area contributed by atoms with Gasteiger partial charge >= 0.3 is 0 Å². The van der Waals surface area contributed by atoms with Crippen LogP contribution in [0.15, 0.2) is 42.5 Å². The average molecular weight is 308 g/mol. The van der Waals surface area contributed by atoms with E-state index in [1.54, 1.807) is 12.1 Å². The van der Waals surface area contributed by atoms with Crippen molar-refractivity contribution in [2.24, 2.45) is 5.92 Å². The monoisotopic (exact) mass is 307 g/mol. The van der Waals surface area contributed by atoms with Gasteiger partial charge in [0.25, 0.3) is 0 Å². The molecule has 0 aliphatic heterocycles. The minimum absolute atomic E-state index is 0.304. The van der Waals surface area contributed by atoms with Gasteiger partial charge in [0.1, 0.15) is 11.6 Å². The fourth-order valence-corrected chi connectivity index (χ4v) is 2.08. The second-order valence-corrected chi connectivity index (χ2v) is 5.69. The van der Waals surface area contributed by atoms with E-state index in [-0.39, 0.29) is 5.82 Å². The highest BCUT2D eigenvalue weighted by atomic mass is 35.5. The molecule has 2 rings (SSSR count). The molecule has 0 spiro atoms. The van der Waals surface area contributed by atoms with Crippen molar-refractivity contribution in [2.75, 3.05) is 11.9 Å². The van der Waals surface area contributed by atoms with E-state index in [2.05, 4.69) is 19.2 Å². The number of ether oxygens (including phenoxy) is 1. The Kier molecular flexibility index (Phi) is 5.45. The molecule has 0 radical (unpaired) electrons. The molecular formula is C17H19ClFNO. The van der Waals surface area contributed by atoms with E-state index in [1.165, 1.54) is 6.07 Å². The second kappa shape index (κ2) is 7.32. The van der Waals surface area contributed by atoms with Gasteiger partial charge in [0.2, 0.25) is 0 Å². The predicted molar refractivity (Wildman–Crippen MR) is 85.5 cm³/mol. The molecule has 0 aromatic heterocycles. The van der Waals surface area contributed by atoms with Crippen LogP contribution in [0.1, 0.15) is 19.4 Å². The maximum absolute atomic E-state index is 13.7. The molecule has 112 valence electrons. The van der Waals surface area contributed by atoms with Crippen LogP contribution in [0.4, 0.5) is 10.1 Å². The Morgan fingerprint density at radius 3 is 2.67 bits per heavy atom. The number of anilines is 1. The van der Waals surface area contributed by atoms with Crippen LogP contribution in [0.25, 0.3) is 0 Å². The molecule has 0 aliphatic carbocycles. The highest BCUT2D eigenvalue weighted by molar-refractivity contribution is 6.31. The summed E-state index contributed by atoms with van der Waals surface area (Å²) >= 11 is 6.01. The van der Waals surface area contributed by atoms with Gasteiger partial charge in [-0.3, -0.25) is 0 Å². The third-order valence-corrected chi connectivity index (χ3v) is 3.30. The molecule has 21 heavy (non-hydrogen) atoms. The van der Waals surface area contributed by atoms with Crippen LogP contribution >= 0.6 is 11.6 Å². The molecule has 0 atom stereocenters. The molecule has 0 bridgehead atoms. The Morgan fingerprint density at radius 2 is 1.95 bits per heavy atom. The lowest BCUT2D eigenvalue weighted by molar-refractivity contribution is 0.271. The number of hydrogen-bond donors (Lipinski definition) is 1. The normalized spacial score (nSPS) is 10.7. The molecule has 4 heteroatoms. The topological polar surface area (TPSA) is 21.3 Å². The number of rotatable bonds is 6. The zero-order valence-corrected chi connectivity index (χ0v) is 13.0. The number of nitrogens with one attached hydrogen (secondary N) is 1. The standard InChI is InChI=1S/C17H19ClFNO/c1-12(2)11-21-14-6-3-5-13(9-14)20-10-15-16(18)7-4-8-17(15)19/h3-9,12,20H,10-11H2,1-2H3. The van der Waals surface area contributed by atoms with Crippen molar-refractivity contribution in [3.63, 3.8) is 0 Å². The van der Waals surface area contributed by atoms with E-state index in [0.29, 0.717) is 29.7 Å². The summed E-state index contributed by atoms with van der Waals surface area (Å²) in [4.78, 5) is 0. The molecule has 2 nitrogen and oxygen atoms in total. The average Bonchev–Trinajstić information content (AvgIpc) is 2.45. The SMILES string of the molecule is CC(C)COc1cccc(NCc2c(F)cccc2Cl)c1. The molecule has 0 heterocycles. The summed E-state index contributed by atoms with van der Waals surface area (Å²) in [5.74, 6) is 0.967. The Bertz CT molecular complexity index is 581. The maximum atomic E-state index is 13.7. The van der Waals surface area contributed by atoms with E-state index in [9.17, 15) is 4.39 Å². The van der Waals surface area contributed by atoms with Gasteiger partial charge in [-0.05, 0) is 30.2 Å². The zero-order valence-electron chi connectivity index (χ0n) is 12.2. The highest BCUT2D eigenvalue weighted by Crippen LogP contribution is 2.22. The number of benzene rings is 2. The number of hydrogen-bond acceptors (Lipinski definition) is 2. The molecular weight excluding hydrogens is 289 g/mol. The molecule has 2 aromatic carbocycles. The van der Waals surface area contributed by atoms with E-state index in [4.69, 9.17) is 16.3 Å². The maximum Gasteiger partial charge on any atom is 0.129 e. The first-order chi connectivity index (χ1) is 10.1. The summed E-state index contributed by atoms with van der Waals surface area (Å²) in [7, 11) is 0. The minimum atomic E-state index is -0.304. The van der Waals surface area contributed by atoms with Crippen LogP contribution in [0, 0.1) is 11.7 Å². The molecule has 2 aromatic rings.